The summed E-state index contributed by atoms with van der Waals surface area (Å²) in [7, 11) is 0. The van der Waals surface area contributed by atoms with E-state index in [-0.39, 0.29) is 6.61 Å². The van der Waals surface area contributed by atoms with E-state index in [2.05, 4.69) is 31.1 Å². The number of aromatic nitrogens is 2. The largest absolute Gasteiger partial charge is 0.392 e. The maximum Gasteiger partial charge on any atom is 0.0718 e. The number of hydrogen-bond acceptors (Lipinski definition) is 2. The van der Waals surface area contributed by atoms with Crippen LogP contribution in [0.5, 0.6) is 0 Å². The maximum atomic E-state index is 9.34. The van der Waals surface area contributed by atoms with Gasteiger partial charge in [0.1, 0.15) is 0 Å². The van der Waals surface area contributed by atoms with E-state index < -0.39 is 0 Å². The highest BCUT2D eigenvalue weighted by Gasteiger charge is 2.14. The SMILES string of the molecule is Cc1cccc(C)c1-n1nc(C)c(CO)c1C. The molecule has 0 aliphatic heterocycles. The highest BCUT2D eigenvalue weighted by atomic mass is 16.3. The molecule has 2 aromatic rings. The van der Waals surface area contributed by atoms with Crippen LogP contribution in [0.3, 0.4) is 0 Å². The molecule has 1 N–H and O–H groups in total. The van der Waals surface area contributed by atoms with Crippen molar-refractivity contribution in [3.63, 3.8) is 0 Å². The first kappa shape index (κ1) is 11.9. The maximum absolute atomic E-state index is 9.34. The van der Waals surface area contributed by atoms with Crippen LogP contribution in [0.1, 0.15) is 28.1 Å². The van der Waals surface area contributed by atoms with E-state index in [0.717, 1.165) is 22.6 Å². The average molecular weight is 230 g/mol. The Bertz CT molecular complexity index is 535. The van der Waals surface area contributed by atoms with Crippen molar-refractivity contribution >= 4 is 0 Å². The third-order valence-corrected chi connectivity index (χ3v) is 3.25. The Labute approximate surface area is 102 Å². The monoisotopic (exact) mass is 230 g/mol. The minimum Gasteiger partial charge on any atom is -0.392 e. The molecule has 0 amide bonds. The first-order chi connectivity index (χ1) is 8.06. The molecule has 0 unspecified atom stereocenters. The summed E-state index contributed by atoms with van der Waals surface area (Å²) in [5.74, 6) is 0. The van der Waals surface area contributed by atoms with Crippen LogP contribution in [0.2, 0.25) is 0 Å². The van der Waals surface area contributed by atoms with E-state index in [1.165, 1.54) is 11.1 Å². The predicted molar refractivity (Wildman–Crippen MR) is 68.4 cm³/mol. The third kappa shape index (κ3) is 1.87. The van der Waals surface area contributed by atoms with Gasteiger partial charge in [0, 0.05) is 11.3 Å². The summed E-state index contributed by atoms with van der Waals surface area (Å²) >= 11 is 0. The van der Waals surface area contributed by atoms with E-state index in [1.807, 2.05) is 24.6 Å². The van der Waals surface area contributed by atoms with E-state index >= 15 is 0 Å². The van der Waals surface area contributed by atoms with Gasteiger partial charge in [0.05, 0.1) is 18.0 Å². The van der Waals surface area contributed by atoms with Crippen LogP contribution < -0.4 is 0 Å². The first-order valence-corrected chi connectivity index (χ1v) is 5.78. The van der Waals surface area contributed by atoms with Crippen LogP contribution in [-0.2, 0) is 6.61 Å². The van der Waals surface area contributed by atoms with Crippen molar-refractivity contribution in [1.82, 2.24) is 9.78 Å². The zero-order valence-electron chi connectivity index (χ0n) is 10.8. The van der Waals surface area contributed by atoms with E-state index in [9.17, 15) is 5.11 Å². The molecule has 90 valence electrons. The van der Waals surface area contributed by atoms with Gasteiger partial charge in [-0.05, 0) is 38.8 Å². The molecule has 3 nitrogen and oxygen atoms in total. The van der Waals surface area contributed by atoms with E-state index in [4.69, 9.17) is 0 Å². The Morgan fingerprint density at radius 1 is 1.12 bits per heavy atom. The topological polar surface area (TPSA) is 38.0 Å². The smallest absolute Gasteiger partial charge is 0.0718 e. The fourth-order valence-corrected chi connectivity index (χ4v) is 2.26. The molecule has 0 saturated heterocycles. The number of aliphatic hydroxyl groups is 1. The summed E-state index contributed by atoms with van der Waals surface area (Å²) in [5, 5.41) is 13.9. The van der Waals surface area contributed by atoms with Crippen molar-refractivity contribution in [3.05, 3.63) is 46.3 Å². The summed E-state index contributed by atoms with van der Waals surface area (Å²) in [6, 6.07) is 6.21. The number of nitrogens with zero attached hydrogens (tertiary/aromatic N) is 2. The van der Waals surface area contributed by atoms with Gasteiger partial charge in [-0.1, -0.05) is 18.2 Å². The number of aliphatic hydroxyl groups excluding tert-OH is 1. The summed E-state index contributed by atoms with van der Waals surface area (Å²) in [6.45, 7) is 8.14. The molecule has 0 atom stereocenters. The normalized spacial score (nSPS) is 10.9. The number of benzene rings is 1. The third-order valence-electron chi connectivity index (χ3n) is 3.25. The minimum absolute atomic E-state index is 0.0442. The number of para-hydroxylation sites is 1. The molecule has 1 aromatic carbocycles. The summed E-state index contributed by atoms with van der Waals surface area (Å²) in [5.41, 5.74) is 6.34. The second-order valence-electron chi connectivity index (χ2n) is 4.46. The number of rotatable bonds is 2. The Hall–Kier alpha value is -1.61. The second kappa shape index (κ2) is 4.34. The fraction of sp³-hybridized carbons (Fsp3) is 0.357. The lowest BCUT2D eigenvalue weighted by Gasteiger charge is -2.11. The lowest BCUT2D eigenvalue weighted by atomic mass is 10.1. The van der Waals surface area contributed by atoms with Gasteiger partial charge < -0.3 is 5.11 Å². The van der Waals surface area contributed by atoms with Gasteiger partial charge in [-0.15, -0.1) is 0 Å². The van der Waals surface area contributed by atoms with Gasteiger partial charge in [0.2, 0.25) is 0 Å². The van der Waals surface area contributed by atoms with Gasteiger partial charge in [-0.2, -0.15) is 5.10 Å². The van der Waals surface area contributed by atoms with Crippen molar-refractivity contribution in [2.24, 2.45) is 0 Å². The molecular weight excluding hydrogens is 212 g/mol. The van der Waals surface area contributed by atoms with Gasteiger partial charge in [0.25, 0.3) is 0 Å². The Morgan fingerprint density at radius 3 is 2.18 bits per heavy atom. The van der Waals surface area contributed by atoms with Crippen LogP contribution in [0.25, 0.3) is 5.69 Å². The summed E-state index contributed by atoms with van der Waals surface area (Å²) < 4.78 is 1.94. The predicted octanol–water partition coefficient (Wildman–Crippen LogP) is 2.60. The van der Waals surface area contributed by atoms with Crippen LogP contribution in [0.15, 0.2) is 18.2 Å². The van der Waals surface area contributed by atoms with Crippen LogP contribution in [0.4, 0.5) is 0 Å². The lowest BCUT2D eigenvalue weighted by molar-refractivity contribution is 0.280. The molecule has 0 fully saturated rings. The molecule has 0 bridgehead atoms. The molecule has 2 rings (SSSR count). The van der Waals surface area contributed by atoms with Crippen molar-refractivity contribution in [2.75, 3.05) is 0 Å². The second-order valence-corrected chi connectivity index (χ2v) is 4.46. The zero-order chi connectivity index (χ0) is 12.6. The van der Waals surface area contributed by atoms with Crippen LogP contribution >= 0.6 is 0 Å². The van der Waals surface area contributed by atoms with Crippen molar-refractivity contribution in [3.8, 4) is 5.69 Å². The summed E-state index contributed by atoms with van der Waals surface area (Å²) in [4.78, 5) is 0. The fourth-order valence-electron chi connectivity index (χ4n) is 2.26. The van der Waals surface area contributed by atoms with Crippen molar-refractivity contribution in [2.45, 2.75) is 34.3 Å². The standard InChI is InChI=1S/C14H18N2O/c1-9-6-5-7-10(2)14(9)16-12(4)13(8-17)11(3)15-16/h5-7,17H,8H2,1-4H3. The van der Waals surface area contributed by atoms with Crippen molar-refractivity contribution < 1.29 is 5.11 Å². The van der Waals surface area contributed by atoms with Gasteiger partial charge in [-0.25, -0.2) is 4.68 Å². The van der Waals surface area contributed by atoms with Crippen LogP contribution in [0, 0.1) is 27.7 Å². The molecule has 0 spiro atoms. The van der Waals surface area contributed by atoms with E-state index in [0.29, 0.717) is 0 Å². The molecule has 0 radical (unpaired) electrons. The Morgan fingerprint density at radius 2 is 1.71 bits per heavy atom. The molecule has 0 aliphatic carbocycles. The quantitative estimate of drug-likeness (QED) is 0.861. The van der Waals surface area contributed by atoms with Gasteiger partial charge in [0.15, 0.2) is 0 Å². The van der Waals surface area contributed by atoms with Gasteiger partial charge in [-0.3, -0.25) is 0 Å². The molecule has 1 aromatic heterocycles. The summed E-state index contributed by atoms with van der Waals surface area (Å²) in [6.07, 6.45) is 0. The molecule has 3 heteroatoms. The first-order valence-electron chi connectivity index (χ1n) is 5.78. The molecule has 0 aliphatic rings. The average Bonchev–Trinajstić information content (AvgIpc) is 2.54. The zero-order valence-corrected chi connectivity index (χ0v) is 10.8. The van der Waals surface area contributed by atoms with Gasteiger partial charge >= 0.3 is 0 Å². The lowest BCUT2D eigenvalue weighted by Crippen LogP contribution is -2.04. The highest BCUT2D eigenvalue weighted by molar-refractivity contribution is 5.48. The number of aryl methyl sites for hydroxylation is 3. The molecular formula is C14H18N2O. The van der Waals surface area contributed by atoms with E-state index in [1.54, 1.807) is 0 Å². The molecule has 0 saturated carbocycles. The minimum atomic E-state index is 0.0442. The molecule has 17 heavy (non-hydrogen) atoms. The Kier molecular flexibility index (Phi) is 3.03. The number of hydrogen-bond donors (Lipinski definition) is 1. The van der Waals surface area contributed by atoms with Crippen LogP contribution in [-0.4, -0.2) is 14.9 Å². The highest BCUT2D eigenvalue weighted by Crippen LogP contribution is 2.23. The van der Waals surface area contributed by atoms with Crippen molar-refractivity contribution in [1.29, 1.82) is 0 Å². The molecule has 1 heterocycles. The Balaban J connectivity index is 2.69.